The molecular weight excluding hydrogens is 546 g/mol. The highest BCUT2D eigenvalue weighted by molar-refractivity contribution is 5.92. The first-order valence-corrected chi connectivity index (χ1v) is 14.0. The molecule has 4 atom stereocenters. The number of rotatable bonds is 6. The van der Waals surface area contributed by atoms with Crippen LogP contribution in [-0.2, 0) is 6.54 Å². The third kappa shape index (κ3) is 4.40. The summed E-state index contributed by atoms with van der Waals surface area (Å²) in [5, 5.41) is 31.9. The maximum absolute atomic E-state index is 14.7. The lowest BCUT2D eigenvalue weighted by Crippen LogP contribution is -2.43. The SMILES string of the molecule is C#Cc1c(F)ccc2cc(O)cc(Cn3cnc4c(OC[C@@]56CCCN5C[C@H](F)C6)nc(N5C[C@@H](O)[C@@H](O)C5)nc43)c12. The Hall–Kier alpha value is -4.05. The number of fused-ring (bicyclic) bond motifs is 3. The predicted octanol–water partition coefficient (Wildman–Crippen LogP) is 2.35. The van der Waals surface area contributed by atoms with Crippen LogP contribution in [0.15, 0.2) is 30.6 Å². The molecule has 42 heavy (non-hydrogen) atoms. The first kappa shape index (κ1) is 26.8. The van der Waals surface area contributed by atoms with Crippen LogP contribution in [0.25, 0.3) is 21.9 Å². The first-order valence-electron chi connectivity index (χ1n) is 14.0. The number of phenols is 1. The first-order chi connectivity index (χ1) is 20.2. The Kier molecular flexibility index (Phi) is 6.42. The summed E-state index contributed by atoms with van der Waals surface area (Å²) in [6.07, 6.45) is 6.59. The van der Waals surface area contributed by atoms with Gasteiger partial charge in [0.25, 0.3) is 0 Å². The fraction of sp³-hybridized carbons (Fsp3) is 0.433. The van der Waals surface area contributed by atoms with Gasteiger partial charge in [-0.2, -0.15) is 9.97 Å². The molecule has 0 bridgehead atoms. The number of aromatic hydroxyl groups is 1. The van der Waals surface area contributed by atoms with Gasteiger partial charge in [-0.25, -0.2) is 13.8 Å². The second-order valence-electron chi connectivity index (χ2n) is 11.5. The summed E-state index contributed by atoms with van der Waals surface area (Å²) in [4.78, 5) is 17.7. The molecule has 2 aromatic carbocycles. The van der Waals surface area contributed by atoms with Gasteiger partial charge >= 0.3 is 0 Å². The second kappa shape index (κ2) is 10.0. The topological polar surface area (TPSA) is 120 Å². The largest absolute Gasteiger partial charge is 0.508 e. The van der Waals surface area contributed by atoms with E-state index in [0.29, 0.717) is 40.5 Å². The maximum atomic E-state index is 14.7. The number of nitrogens with zero attached hydrogens (tertiary/aromatic N) is 6. The molecule has 3 saturated heterocycles. The lowest BCUT2D eigenvalue weighted by atomic mass is 9.95. The number of imidazole rings is 1. The standard InChI is InChI=1S/C30H30F2N6O4/c1-2-21-22(32)5-4-17-8-20(39)9-18(25(17)21)11-37-16-33-26-27(37)34-29(36-13-23(40)24(41)14-36)35-28(26)42-15-30-6-3-7-38(30)12-19(31)10-30/h1,4-5,8-9,16,19,23-24,39-41H,3,6-7,10-15H2/t19-,23-,24+,30+/m1/s1. The molecule has 3 N–H and O–H groups in total. The van der Waals surface area contributed by atoms with Gasteiger partial charge in [0, 0.05) is 31.4 Å². The van der Waals surface area contributed by atoms with Crippen molar-refractivity contribution in [1.29, 1.82) is 0 Å². The highest BCUT2D eigenvalue weighted by atomic mass is 19.1. The fourth-order valence-electron chi connectivity index (χ4n) is 6.81. The molecule has 7 rings (SSSR count). The van der Waals surface area contributed by atoms with Gasteiger partial charge in [-0.15, -0.1) is 6.42 Å². The molecule has 0 amide bonds. The van der Waals surface area contributed by atoms with Crippen molar-refractivity contribution in [2.24, 2.45) is 0 Å². The number of alkyl halides is 1. The molecule has 0 radical (unpaired) electrons. The number of aliphatic hydroxyl groups excluding tert-OH is 2. The van der Waals surface area contributed by atoms with Crippen LogP contribution in [-0.4, -0.2) is 96.4 Å². The average Bonchev–Trinajstić information content (AvgIpc) is 3.70. The van der Waals surface area contributed by atoms with Gasteiger partial charge in [0.15, 0.2) is 11.2 Å². The van der Waals surface area contributed by atoms with Crippen molar-refractivity contribution in [3.63, 3.8) is 0 Å². The number of benzene rings is 2. The zero-order valence-electron chi connectivity index (χ0n) is 22.7. The number of hydrogen-bond donors (Lipinski definition) is 3. The number of terminal acetylenes is 1. The Bertz CT molecular complexity index is 1730. The van der Waals surface area contributed by atoms with Gasteiger partial charge in [-0.05, 0) is 48.5 Å². The van der Waals surface area contributed by atoms with E-state index in [1.54, 1.807) is 21.9 Å². The highest BCUT2D eigenvalue weighted by Gasteiger charge is 2.49. The van der Waals surface area contributed by atoms with Gasteiger partial charge in [0.05, 0.1) is 36.2 Å². The molecule has 3 fully saturated rings. The monoisotopic (exact) mass is 576 g/mol. The minimum atomic E-state index is -0.958. The molecule has 4 aromatic rings. The lowest BCUT2D eigenvalue weighted by Gasteiger charge is -2.31. The van der Waals surface area contributed by atoms with E-state index in [-0.39, 0.29) is 49.4 Å². The summed E-state index contributed by atoms with van der Waals surface area (Å²) in [7, 11) is 0. The van der Waals surface area contributed by atoms with Crippen LogP contribution in [0.5, 0.6) is 11.6 Å². The summed E-state index contributed by atoms with van der Waals surface area (Å²) in [6, 6.07) is 5.89. The van der Waals surface area contributed by atoms with Crippen LogP contribution in [0.1, 0.15) is 30.4 Å². The third-order valence-electron chi connectivity index (χ3n) is 8.82. The van der Waals surface area contributed by atoms with E-state index in [9.17, 15) is 24.1 Å². The van der Waals surface area contributed by atoms with Crippen molar-refractivity contribution in [2.45, 2.75) is 49.7 Å². The van der Waals surface area contributed by atoms with Crippen LogP contribution in [0, 0.1) is 18.2 Å². The van der Waals surface area contributed by atoms with Gasteiger partial charge in [-0.1, -0.05) is 12.0 Å². The zero-order valence-corrected chi connectivity index (χ0v) is 22.7. The van der Waals surface area contributed by atoms with Crippen LogP contribution < -0.4 is 9.64 Å². The number of aliphatic hydroxyl groups is 2. The number of ether oxygens (including phenoxy) is 1. The number of β-amino-alcohol motifs (C(OH)–C–C–N with tert-alkyl or cyclic N) is 2. The van der Waals surface area contributed by atoms with Gasteiger partial charge in [0.1, 0.15) is 24.3 Å². The van der Waals surface area contributed by atoms with E-state index in [0.717, 1.165) is 19.4 Å². The number of aromatic nitrogens is 4. The van der Waals surface area contributed by atoms with Crippen molar-refractivity contribution in [3.05, 3.63) is 47.5 Å². The highest BCUT2D eigenvalue weighted by Crippen LogP contribution is 2.41. The maximum Gasteiger partial charge on any atom is 0.247 e. The Morgan fingerprint density at radius 1 is 1.14 bits per heavy atom. The van der Waals surface area contributed by atoms with E-state index in [4.69, 9.17) is 16.1 Å². The predicted molar refractivity (Wildman–Crippen MR) is 151 cm³/mol. The van der Waals surface area contributed by atoms with Gasteiger partial charge < -0.3 is 29.5 Å². The van der Waals surface area contributed by atoms with Crippen molar-refractivity contribution >= 4 is 27.9 Å². The number of hydrogen-bond acceptors (Lipinski definition) is 9. The summed E-state index contributed by atoms with van der Waals surface area (Å²) in [5.74, 6) is 2.34. The molecule has 0 saturated carbocycles. The van der Waals surface area contributed by atoms with Gasteiger partial charge in [-0.3, -0.25) is 4.90 Å². The summed E-state index contributed by atoms with van der Waals surface area (Å²) < 4.78 is 37.1. The summed E-state index contributed by atoms with van der Waals surface area (Å²) in [6.45, 7) is 1.85. The van der Waals surface area contributed by atoms with E-state index in [2.05, 4.69) is 20.8 Å². The molecule has 12 heteroatoms. The molecule has 2 aromatic heterocycles. The Labute approximate surface area is 240 Å². The molecular formula is C30H30F2N6O4. The van der Waals surface area contributed by atoms with Crippen molar-refractivity contribution in [2.75, 3.05) is 37.7 Å². The van der Waals surface area contributed by atoms with Crippen molar-refractivity contribution in [1.82, 2.24) is 24.4 Å². The molecule has 0 spiro atoms. The summed E-state index contributed by atoms with van der Waals surface area (Å²) >= 11 is 0. The number of anilines is 1. The fourth-order valence-corrected chi connectivity index (χ4v) is 6.81. The third-order valence-corrected chi connectivity index (χ3v) is 8.82. The Morgan fingerprint density at radius 3 is 2.74 bits per heavy atom. The van der Waals surface area contributed by atoms with E-state index < -0.39 is 29.7 Å². The molecule has 218 valence electrons. The minimum absolute atomic E-state index is 0.000940. The van der Waals surface area contributed by atoms with Crippen LogP contribution in [0.3, 0.4) is 0 Å². The van der Waals surface area contributed by atoms with Gasteiger partial charge in [0.2, 0.25) is 11.8 Å². The molecule has 10 nitrogen and oxygen atoms in total. The van der Waals surface area contributed by atoms with Crippen molar-refractivity contribution < 1.29 is 28.8 Å². The average molecular weight is 577 g/mol. The number of phenolic OH excluding ortho intramolecular Hbond substituents is 1. The van der Waals surface area contributed by atoms with E-state index >= 15 is 0 Å². The van der Waals surface area contributed by atoms with Crippen LogP contribution in [0.4, 0.5) is 14.7 Å². The minimum Gasteiger partial charge on any atom is -0.508 e. The van der Waals surface area contributed by atoms with Crippen LogP contribution >= 0.6 is 0 Å². The van der Waals surface area contributed by atoms with Crippen molar-refractivity contribution in [3.8, 4) is 24.0 Å². The normalized spacial score (nSPS) is 25.9. The second-order valence-corrected chi connectivity index (χ2v) is 11.5. The lowest BCUT2D eigenvalue weighted by molar-refractivity contribution is 0.0572. The smallest absolute Gasteiger partial charge is 0.247 e. The summed E-state index contributed by atoms with van der Waals surface area (Å²) in [5.41, 5.74) is 1.02. The Balaban J connectivity index is 1.31. The molecule has 0 aliphatic carbocycles. The van der Waals surface area contributed by atoms with Crippen LogP contribution in [0.2, 0.25) is 0 Å². The molecule has 3 aliphatic heterocycles. The molecule has 3 aliphatic rings. The van der Waals surface area contributed by atoms with E-state index in [1.807, 2.05) is 0 Å². The zero-order chi connectivity index (χ0) is 29.2. The molecule has 5 heterocycles. The quantitative estimate of drug-likeness (QED) is 0.297. The molecule has 0 unspecified atom stereocenters. The number of halogens is 2. The Morgan fingerprint density at radius 2 is 1.95 bits per heavy atom. The van der Waals surface area contributed by atoms with E-state index in [1.165, 1.54) is 18.2 Å².